The molecule has 0 radical (unpaired) electrons. The second-order valence-electron chi connectivity index (χ2n) is 8.52. The number of amides is 2. The molecule has 1 aliphatic heterocycles. The van der Waals surface area contributed by atoms with Crippen LogP contribution in [0.3, 0.4) is 0 Å². The molecule has 0 spiro atoms. The number of fused-ring (bicyclic) bond motifs is 1. The minimum Gasteiger partial charge on any atom is -0.530 e. The molecule has 1 saturated carbocycles. The van der Waals surface area contributed by atoms with Gasteiger partial charge in [0.25, 0.3) is 15.9 Å². The summed E-state index contributed by atoms with van der Waals surface area (Å²) in [5.41, 5.74) is -0.232. The van der Waals surface area contributed by atoms with Crippen molar-refractivity contribution in [1.29, 1.82) is 0 Å². The van der Waals surface area contributed by atoms with Crippen LogP contribution in [0.25, 0.3) is 0 Å². The Morgan fingerprint density at radius 1 is 1.37 bits per heavy atom. The van der Waals surface area contributed by atoms with Crippen molar-refractivity contribution in [3.63, 3.8) is 0 Å². The quantitative estimate of drug-likeness (QED) is 0.366. The van der Waals surface area contributed by atoms with E-state index in [4.69, 9.17) is 14.6 Å². The fourth-order valence-corrected chi connectivity index (χ4v) is 5.68. The zero-order chi connectivity index (χ0) is 27.8. The van der Waals surface area contributed by atoms with E-state index in [1.54, 1.807) is 0 Å². The van der Waals surface area contributed by atoms with E-state index in [1.165, 1.54) is 19.1 Å². The van der Waals surface area contributed by atoms with Crippen molar-refractivity contribution in [2.75, 3.05) is 29.4 Å². The van der Waals surface area contributed by atoms with E-state index in [1.807, 2.05) is 5.32 Å². The van der Waals surface area contributed by atoms with Crippen molar-refractivity contribution in [3.8, 4) is 11.6 Å². The Kier molecular flexibility index (Phi) is 7.59. The van der Waals surface area contributed by atoms with Crippen LogP contribution in [-0.4, -0.2) is 73.4 Å². The number of aliphatic hydroxyl groups is 1. The van der Waals surface area contributed by atoms with E-state index in [-0.39, 0.29) is 34.8 Å². The summed E-state index contributed by atoms with van der Waals surface area (Å²) in [6.07, 6.45) is -3.31. The lowest BCUT2D eigenvalue weighted by atomic mass is 10.1. The molecule has 4 atom stereocenters. The Morgan fingerprint density at radius 3 is 2.68 bits per heavy atom. The SMILES string of the molecule is C[C@@H]1[C@H](CNC(=O)[C@H]2C[C@H]2F)Oc2ccc(NC(=O)[O-])cc2N1S(=O)(=O)c1cn(C(F)F)nc1OCCO. The summed E-state index contributed by atoms with van der Waals surface area (Å²) in [4.78, 5) is 22.4. The molecule has 1 aromatic heterocycles. The Labute approximate surface area is 214 Å². The summed E-state index contributed by atoms with van der Waals surface area (Å²) in [6, 6.07) is 2.58. The highest BCUT2D eigenvalue weighted by Crippen LogP contribution is 2.43. The number of aliphatic hydroxyl groups excluding tert-OH is 1. The number of carbonyl (C=O) groups is 2. The van der Waals surface area contributed by atoms with Gasteiger partial charge in [-0.15, -0.1) is 5.10 Å². The average molecular weight is 563 g/mol. The van der Waals surface area contributed by atoms with Gasteiger partial charge >= 0.3 is 6.55 Å². The zero-order valence-electron chi connectivity index (χ0n) is 19.7. The lowest BCUT2D eigenvalue weighted by molar-refractivity contribution is -0.242. The number of ether oxygens (including phenoxy) is 2. The lowest BCUT2D eigenvalue weighted by Crippen LogP contribution is -2.54. The molecule has 208 valence electrons. The monoisotopic (exact) mass is 562 g/mol. The van der Waals surface area contributed by atoms with Gasteiger partial charge in [-0.3, -0.25) is 9.10 Å². The number of hydrogen-bond acceptors (Lipinski definition) is 9. The zero-order valence-corrected chi connectivity index (χ0v) is 20.5. The Morgan fingerprint density at radius 2 is 2.08 bits per heavy atom. The van der Waals surface area contributed by atoms with Gasteiger partial charge in [-0.05, 0) is 31.5 Å². The van der Waals surface area contributed by atoms with Gasteiger partial charge in [-0.2, -0.15) is 8.78 Å². The number of anilines is 2. The van der Waals surface area contributed by atoms with Crippen LogP contribution >= 0.6 is 0 Å². The topological polar surface area (TPSA) is 175 Å². The molecule has 13 nitrogen and oxygen atoms in total. The first-order valence-electron chi connectivity index (χ1n) is 11.3. The number of halogens is 3. The highest BCUT2D eigenvalue weighted by molar-refractivity contribution is 7.93. The molecule has 0 saturated heterocycles. The van der Waals surface area contributed by atoms with Crippen LogP contribution in [-0.2, 0) is 14.8 Å². The van der Waals surface area contributed by atoms with E-state index in [2.05, 4.69) is 10.4 Å². The molecule has 3 N–H and O–H groups in total. The predicted octanol–water partition coefficient (Wildman–Crippen LogP) is 0.223. The first kappa shape index (κ1) is 27.3. The highest BCUT2D eigenvalue weighted by Gasteiger charge is 2.46. The minimum absolute atomic E-state index is 0.0383. The Hall–Kier alpha value is -3.73. The van der Waals surface area contributed by atoms with Crippen molar-refractivity contribution in [1.82, 2.24) is 15.1 Å². The maximum Gasteiger partial charge on any atom is 0.333 e. The number of nitrogens with one attached hydrogen (secondary N) is 2. The van der Waals surface area contributed by atoms with Gasteiger partial charge in [0, 0.05) is 5.69 Å². The van der Waals surface area contributed by atoms with Crippen LogP contribution in [0.4, 0.5) is 29.3 Å². The predicted molar refractivity (Wildman–Crippen MR) is 121 cm³/mol. The second-order valence-corrected chi connectivity index (χ2v) is 10.3. The number of sulfonamides is 1. The van der Waals surface area contributed by atoms with Gasteiger partial charge in [0.2, 0.25) is 5.91 Å². The summed E-state index contributed by atoms with van der Waals surface area (Å²) in [6.45, 7) is -3.02. The molecule has 1 aromatic carbocycles. The first-order valence-corrected chi connectivity index (χ1v) is 12.7. The van der Waals surface area contributed by atoms with Crippen molar-refractivity contribution >= 4 is 33.4 Å². The molecular weight excluding hydrogens is 539 g/mol. The standard InChI is InChI=1S/C21H24F3N5O8S/c1-10-16(8-25-18(31)12-7-13(12)22)37-15-3-2-11(26-21(32)33)6-14(15)29(10)38(34,35)17-9-28(20(23)24)27-19(17)36-5-4-30/h2-3,6,9-10,12-13,16,20,26,30H,4-5,7-8H2,1H3,(H,25,31)(H,32,33)/p-1/t10-,12+,13-,16+/m1/s1. The van der Waals surface area contributed by atoms with Crippen molar-refractivity contribution in [2.24, 2.45) is 5.92 Å². The van der Waals surface area contributed by atoms with Crippen LogP contribution in [0.15, 0.2) is 29.3 Å². The van der Waals surface area contributed by atoms with Gasteiger partial charge in [-0.25, -0.2) is 17.5 Å². The minimum atomic E-state index is -4.76. The number of carboxylic acid groups (broad SMARTS) is 1. The average Bonchev–Trinajstić information content (AvgIpc) is 3.41. The van der Waals surface area contributed by atoms with Crippen LogP contribution in [0.5, 0.6) is 11.6 Å². The van der Waals surface area contributed by atoms with Crippen LogP contribution < -0.4 is 29.5 Å². The third kappa shape index (κ3) is 5.42. The van der Waals surface area contributed by atoms with Crippen molar-refractivity contribution in [2.45, 2.75) is 43.1 Å². The summed E-state index contributed by atoms with van der Waals surface area (Å²) in [7, 11) is -4.76. The van der Waals surface area contributed by atoms with E-state index in [9.17, 15) is 36.3 Å². The molecule has 0 unspecified atom stereocenters. The molecule has 2 amide bonds. The lowest BCUT2D eigenvalue weighted by Gasteiger charge is -2.41. The normalized spacial score (nSPS) is 22.4. The van der Waals surface area contributed by atoms with E-state index < -0.39 is 76.8 Å². The maximum atomic E-state index is 13.9. The van der Waals surface area contributed by atoms with Crippen molar-refractivity contribution in [3.05, 3.63) is 24.4 Å². The molecule has 1 fully saturated rings. The first-order chi connectivity index (χ1) is 17.9. The third-order valence-electron chi connectivity index (χ3n) is 5.89. The second kappa shape index (κ2) is 10.6. The maximum absolute atomic E-state index is 13.9. The smallest absolute Gasteiger partial charge is 0.333 e. The van der Waals surface area contributed by atoms with Gasteiger partial charge in [-0.1, -0.05) is 0 Å². The molecule has 2 aromatic rings. The van der Waals surface area contributed by atoms with Gasteiger partial charge in [0.1, 0.15) is 30.7 Å². The summed E-state index contributed by atoms with van der Waals surface area (Å²) >= 11 is 0. The third-order valence-corrected chi connectivity index (χ3v) is 7.77. The molecule has 17 heteroatoms. The molecule has 4 rings (SSSR count). The van der Waals surface area contributed by atoms with E-state index in [0.717, 1.165) is 10.4 Å². The molecule has 2 aliphatic rings. The molecule has 2 heterocycles. The van der Waals surface area contributed by atoms with Gasteiger partial charge < -0.3 is 35.1 Å². The van der Waals surface area contributed by atoms with Crippen LogP contribution in [0.2, 0.25) is 0 Å². The number of hydrogen-bond donors (Lipinski definition) is 3. The fourth-order valence-electron chi connectivity index (χ4n) is 3.93. The number of aromatic nitrogens is 2. The van der Waals surface area contributed by atoms with E-state index in [0.29, 0.717) is 6.20 Å². The number of nitrogens with zero attached hydrogens (tertiary/aromatic N) is 3. The molecule has 0 bridgehead atoms. The fraction of sp³-hybridized carbons (Fsp3) is 0.476. The Balaban J connectivity index is 1.75. The van der Waals surface area contributed by atoms with Crippen LogP contribution in [0, 0.1) is 5.92 Å². The summed E-state index contributed by atoms with van der Waals surface area (Å²) in [5.74, 6) is -2.11. The number of benzene rings is 1. The van der Waals surface area contributed by atoms with E-state index >= 15 is 0 Å². The summed E-state index contributed by atoms with van der Waals surface area (Å²) < 4.78 is 79.7. The molecular formula is C21H23F3N5O8S-. The Bertz CT molecular complexity index is 1320. The highest BCUT2D eigenvalue weighted by atomic mass is 32.2. The molecule has 1 aliphatic carbocycles. The van der Waals surface area contributed by atoms with Gasteiger partial charge in [0.05, 0.1) is 37.0 Å². The summed E-state index contributed by atoms with van der Waals surface area (Å²) in [5, 5.41) is 28.1. The number of carbonyl (C=O) groups excluding carboxylic acids is 2. The molecule has 38 heavy (non-hydrogen) atoms. The van der Waals surface area contributed by atoms with Crippen LogP contribution in [0.1, 0.15) is 19.9 Å². The van der Waals surface area contributed by atoms with Gasteiger partial charge in [0.15, 0.2) is 4.90 Å². The number of rotatable bonds is 10. The largest absolute Gasteiger partial charge is 0.530 e. The number of alkyl halides is 3. The van der Waals surface area contributed by atoms with Crippen molar-refractivity contribution < 1.29 is 50.9 Å².